The molecule has 0 aliphatic heterocycles. The Kier molecular flexibility index (Phi) is 3.16. The maximum Gasteiger partial charge on any atom is 0.326 e. The lowest BCUT2D eigenvalue weighted by atomic mass is 10.1. The van der Waals surface area contributed by atoms with Crippen LogP contribution in [0.1, 0.15) is 28.9 Å². The fraction of sp³-hybridized carbons (Fsp3) is 0.333. The molecule has 1 aliphatic carbocycles. The van der Waals surface area contributed by atoms with E-state index >= 15 is 0 Å². The van der Waals surface area contributed by atoms with Crippen LogP contribution in [-0.4, -0.2) is 28.0 Å². The second-order valence-electron chi connectivity index (χ2n) is 5.49. The first kappa shape index (κ1) is 13.6. The molecule has 5 nitrogen and oxygen atoms in total. The Bertz CT molecular complexity index is 734. The van der Waals surface area contributed by atoms with E-state index in [0.717, 1.165) is 23.8 Å². The topological polar surface area (TPSA) is 82.2 Å². The van der Waals surface area contributed by atoms with Crippen LogP contribution < -0.4 is 5.32 Å². The molecule has 3 rings (SSSR count). The number of aliphatic carboxylic acids is 1. The van der Waals surface area contributed by atoms with Gasteiger partial charge < -0.3 is 15.4 Å². The lowest BCUT2D eigenvalue weighted by Crippen LogP contribution is -2.42. The minimum Gasteiger partial charge on any atom is -0.480 e. The Morgan fingerprint density at radius 2 is 2.10 bits per heavy atom. The number of carbonyl (C=O) groups is 2. The van der Waals surface area contributed by atoms with E-state index in [-0.39, 0.29) is 17.4 Å². The predicted molar refractivity (Wildman–Crippen MR) is 74.6 cm³/mol. The summed E-state index contributed by atoms with van der Waals surface area (Å²) in [6, 6.07) is 3.46. The van der Waals surface area contributed by atoms with Crippen LogP contribution in [0.3, 0.4) is 0 Å². The van der Waals surface area contributed by atoms with E-state index in [9.17, 15) is 14.0 Å². The lowest BCUT2D eigenvalue weighted by Gasteiger charge is -2.12. The molecule has 1 heterocycles. The number of H-pyrrole nitrogens is 1. The highest BCUT2D eigenvalue weighted by Crippen LogP contribution is 2.33. The Hall–Kier alpha value is -2.37. The van der Waals surface area contributed by atoms with Gasteiger partial charge in [-0.25, -0.2) is 9.18 Å². The van der Waals surface area contributed by atoms with Gasteiger partial charge in [-0.15, -0.1) is 0 Å². The number of aryl methyl sites for hydroxylation is 1. The number of carboxylic acid groups (broad SMARTS) is 1. The van der Waals surface area contributed by atoms with Gasteiger partial charge in [0, 0.05) is 10.9 Å². The lowest BCUT2D eigenvalue weighted by molar-refractivity contribution is -0.139. The Balaban J connectivity index is 1.87. The van der Waals surface area contributed by atoms with E-state index in [1.807, 2.05) is 0 Å². The van der Waals surface area contributed by atoms with Gasteiger partial charge in [-0.2, -0.15) is 0 Å². The van der Waals surface area contributed by atoms with Crippen LogP contribution in [0, 0.1) is 18.7 Å². The summed E-state index contributed by atoms with van der Waals surface area (Å²) in [6.45, 7) is 1.76. The summed E-state index contributed by atoms with van der Waals surface area (Å²) >= 11 is 0. The normalized spacial score (nSPS) is 15.9. The number of carbonyl (C=O) groups excluding carboxylic acids is 1. The number of hydrogen-bond acceptors (Lipinski definition) is 2. The van der Waals surface area contributed by atoms with Gasteiger partial charge in [0.05, 0.1) is 0 Å². The minimum absolute atomic E-state index is 0.00927. The molecule has 1 amide bonds. The number of carboxylic acids is 1. The smallest absolute Gasteiger partial charge is 0.326 e. The summed E-state index contributed by atoms with van der Waals surface area (Å²) in [5.74, 6) is -1.88. The molecule has 2 aromatic rings. The molecule has 0 radical (unpaired) electrons. The van der Waals surface area contributed by atoms with Crippen LogP contribution in [-0.2, 0) is 4.79 Å². The van der Waals surface area contributed by atoms with Crippen molar-refractivity contribution in [3.63, 3.8) is 0 Å². The van der Waals surface area contributed by atoms with E-state index in [0.29, 0.717) is 5.52 Å². The third-order valence-electron chi connectivity index (χ3n) is 3.80. The molecule has 1 aliphatic rings. The first-order valence-corrected chi connectivity index (χ1v) is 6.78. The van der Waals surface area contributed by atoms with Gasteiger partial charge in [0.2, 0.25) is 0 Å². The summed E-state index contributed by atoms with van der Waals surface area (Å²) in [6.07, 6.45) is 1.63. The molecule has 110 valence electrons. The summed E-state index contributed by atoms with van der Waals surface area (Å²) < 4.78 is 13.3. The monoisotopic (exact) mass is 290 g/mol. The molecular formula is C15H15FN2O3. The van der Waals surface area contributed by atoms with Gasteiger partial charge in [0.15, 0.2) is 0 Å². The van der Waals surface area contributed by atoms with Gasteiger partial charge in [-0.1, -0.05) is 0 Å². The molecule has 3 N–H and O–H groups in total. The second-order valence-corrected chi connectivity index (χ2v) is 5.49. The Morgan fingerprint density at radius 1 is 1.38 bits per heavy atom. The molecule has 1 aromatic heterocycles. The van der Waals surface area contributed by atoms with Gasteiger partial charge in [0.25, 0.3) is 5.91 Å². The van der Waals surface area contributed by atoms with Crippen LogP contribution in [0.5, 0.6) is 0 Å². The maximum atomic E-state index is 13.3. The summed E-state index contributed by atoms with van der Waals surface area (Å²) in [5, 5.41) is 12.4. The molecule has 21 heavy (non-hydrogen) atoms. The number of halogens is 1. The third-order valence-corrected chi connectivity index (χ3v) is 3.80. The highest BCUT2D eigenvalue weighted by atomic mass is 19.1. The van der Waals surface area contributed by atoms with E-state index in [1.165, 1.54) is 12.1 Å². The van der Waals surface area contributed by atoms with Crippen molar-refractivity contribution in [1.82, 2.24) is 10.3 Å². The predicted octanol–water partition coefficient (Wildman–Crippen LogP) is 2.21. The molecule has 1 unspecified atom stereocenters. The Morgan fingerprint density at radius 3 is 2.71 bits per heavy atom. The molecule has 1 fully saturated rings. The SMILES string of the molecule is Cc1cc(F)cc2[nH]c(C(=O)NC(C(=O)O)C3CC3)cc12. The number of rotatable bonds is 4. The minimum atomic E-state index is -1.02. The molecule has 0 bridgehead atoms. The van der Waals surface area contributed by atoms with Crippen LogP contribution in [0.15, 0.2) is 18.2 Å². The fourth-order valence-corrected chi connectivity index (χ4v) is 2.53. The molecule has 0 spiro atoms. The number of nitrogens with one attached hydrogen (secondary N) is 2. The number of hydrogen-bond donors (Lipinski definition) is 3. The van der Waals surface area contributed by atoms with E-state index < -0.39 is 17.9 Å². The number of fused-ring (bicyclic) bond motifs is 1. The van der Waals surface area contributed by atoms with Crippen LogP contribution in [0.2, 0.25) is 0 Å². The van der Waals surface area contributed by atoms with Gasteiger partial charge >= 0.3 is 5.97 Å². The van der Waals surface area contributed by atoms with Crippen molar-refractivity contribution >= 4 is 22.8 Å². The maximum absolute atomic E-state index is 13.3. The van der Waals surface area contributed by atoms with Crippen LogP contribution >= 0.6 is 0 Å². The van der Waals surface area contributed by atoms with Crippen molar-refractivity contribution in [2.75, 3.05) is 0 Å². The van der Waals surface area contributed by atoms with Gasteiger partial charge in [-0.05, 0) is 49.4 Å². The van der Waals surface area contributed by atoms with Crippen molar-refractivity contribution < 1.29 is 19.1 Å². The number of aromatic nitrogens is 1. The average Bonchev–Trinajstić information content (AvgIpc) is 3.14. The standard InChI is InChI=1S/C15H15FN2O3/c1-7-4-9(16)5-11-10(7)6-12(17-11)14(19)18-13(15(20)21)8-2-3-8/h4-6,8,13,17H,2-3H2,1H3,(H,18,19)(H,20,21). The van der Waals surface area contributed by atoms with Crippen molar-refractivity contribution in [2.24, 2.45) is 5.92 Å². The largest absolute Gasteiger partial charge is 0.480 e. The number of aromatic amines is 1. The van der Waals surface area contributed by atoms with E-state index in [2.05, 4.69) is 10.3 Å². The Labute approximate surface area is 120 Å². The van der Waals surface area contributed by atoms with Gasteiger partial charge in [0.1, 0.15) is 17.6 Å². The van der Waals surface area contributed by atoms with E-state index in [4.69, 9.17) is 5.11 Å². The highest BCUT2D eigenvalue weighted by Gasteiger charge is 2.37. The molecule has 1 aromatic carbocycles. The number of benzene rings is 1. The zero-order valence-corrected chi connectivity index (χ0v) is 11.4. The van der Waals surface area contributed by atoms with Gasteiger partial charge in [-0.3, -0.25) is 4.79 Å². The second kappa shape index (κ2) is 4.87. The molecule has 0 saturated heterocycles. The first-order chi connectivity index (χ1) is 9.95. The third kappa shape index (κ3) is 2.61. The fourth-order valence-electron chi connectivity index (χ4n) is 2.53. The molecule has 6 heteroatoms. The van der Waals surface area contributed by atoms with E-state index in [1.54, 1.807) is 13.0 Å². The molecular weight excluding hydrogens is 275 g/mol. The first-order valence-electron chi connectivity index (χ1n) is 6.78. The summed E-state index contributed by atoms with van der Waals surface area (Å²) in [4.78, 5) is 26.1. The summed E-state index contributed by atoms with van der Waals surface area (Å²) in [5.41, 5.74) is 1.49. The van der Waals surface area contributed by atoms with Crippen molar-refractivity contribution in [1.29, 1.82) is 0 Å². The molecule has 1 atom stereocenters. The van der Waals surface area contributed by atoms with Crippen LogP contribution in [0.25, 0.3) is 10.9 Å². The highest BCUT2D eigenvalue weighted by molar-refractivity contribution is 6.00. The number of amides is 1. The quantitative estimate of drug-likeness (QED) is 0.807. The average molecular weight is 290 g/mol. The van der Waals surface area contributed by atoms with Crippen molar-refractivity contribution in [2.45, 2.75) is 25.8 Å². The van der Waals surface area contributed by atoms with Crippen LogP contribution in [0.4, 0.5) is 4.39 Å². The zero-order chi connectivity index (χ0) is 15.1. The summed E-state index contributed by atoms with van der Waals surface area (Å²) in [7, 11) is 0. The van der Waals surface area contributed by atoms with Crippen molar-refractivity contribution in [3.8, 4) is 0 Å². The van der Waals surface area contributed by atoms with Crippen molar-refractivity contribution in [3.05, 3.63) is 35.3 Å². The zero-order valence-electron chi connectivity index (χ0n) is 11.4. The molecule has 1 saturated carbocycles.